The summed E-state index contributed by atoms with van der Waals surface area (Å²) < 4.78 is 68.4. The van der Waals surface area contributed by atoms with Crippen molar-refractivity contribution in [1.29, 1.82) is 0 Å². The van der Waals surface area contributed by atoms with Crippen LogP contribution in [0.25, 0.3) is 0 Å². The van der Waals surface area contributed by atoms with Gasteiger partial charge in [0.25, 0.3) is 0 Å². The Kier molecular flexibility index (Phi) is 67.7. The molecule has 0 aliphatic heterocycles. The lowest BCUT2D eigenvalue weighted by molar-refractivity contribution is -0.161. The molecule has 19 heteroatoms. The van der Waals surface area contributed by atoms with Crippen LogP contribution in [0.3, 0.4) is 0 Å². The van der Waals surface area contributed by atoms with Crippen molar-refractivity contribution in [3.05, 3.63) is 0 Å². The van der Waals surface area contributed by atoms with E-state index in [1.54, 1.807) is 0 Å². The van der Waals surface area contributed by atoms with Gasteiger partial charge in [-0.1, -0.05) is 349 Å². The van der Waals surface area contributed by atoms with Crippen LogP contribution >= 0.6 is 15.6 Å². The molecule has 95 heavy (non-hydrogen) atoms. The Morgan fingerprint density at radius 1 is 0.284 bits per heavy atom. The van der Waals surface area contributed by atoms with Crippen molar-refractivity contribution in [2.24, 2.45) is 5.92 Å². The third-order valence-corrected chi connectivity index (χ3v) is 19.7. The highest BCUT2D eigenvalue weighted by Gasteiger charge is 2.30. The van der Waals surface area contributed by atoms with Crippen molar-refractivity contribution in [3.63, 3.8) is 0 Å². The van der Waals surface area contributed by atoms with Crippen LogP contribution in [0, 0.1) is 5.92 Å². The lowest BCUT2D eigenvalue weighted by Gasteiger charge is -2.21. The van der Waals surface area contributed by atoms with E-state index in [-0.39, 0.29) is 25.7 Å². The minimum absolute atomic E-state index is 0.105. The molecular weight excluding hydrogens is 1250 g/mol. The molecule has 2 unspecified atom stereocenters. The van der Waals surface area contributed by atoms with E-state index in [1.807, 2.05) is 0 Å². The molecule has 0 fully saturated rings. The smallest absolute Gasteiger partial charge is 0.462 e. The summed E-state index contributed by atoms with van der Waals surface area (Å²) in [6.07, 6.45) is 58.4. The number of carbonyl (C=O) groups excluding carboxylic acids is 4. The number of aliphatic hydroxyl groups excluding tert-OH is 1. The Bertz CT molecular complexity index is 1820. The molecule has 17 nitrogen and oxygen atoms in total. The van der Waals surface area contributed by atoms with Gasteiger partial charge in [-0.15, -0.1) is 0 Å². The first kappa shape index (κ1) is 93.1. The lowest BCUT2D eigenvalue weighted by atomic mass is 10.0. The third-order valence-electron chi connectivity index (χ3n) is 17.8. The quantitative estimate of drug-likeness (QED) is 0.0222. The summed E-state index contributed by atoms with van der Waals surface area (Å²) in [5.41, 5.74) is 0. The summed E-state index contributed by atoms with van der Waals surface area (Å²) >= 11 is 0. The SMILES string of the molecule is CCCCCCCCCCCCCCCCCCCCCCCC(=O)O[C@H](COC(=O)CCCCCCCCCCCCCCCC)COP(=O)(O)OC[C@@H](O)COP(=O)(O)OC[C@@H](COC(=O)CCCCCCCCCCC)OC(=O)CCCCCCCCCCC(C)C. The largest absolute Gasteiger partial charge is 0.472 e. The Morgan fingerprint density at radius 2 is 0.484 bits per heavy atom. The maximum absolute atomic E-state index is 13.1. The number of hydrogen-bond acceptors (Lipinski definition) is 15. The average molecular weight is 1400 g/mol. The maximum Gasteiger partial charge on any atom is 0.472 e. The highest BCUT2D eigenvalue weighted by Crippen LogP contribution is 2.45. The van der Waals surface area contributed by atoms with Crippen LogP contribution in [0.1, 0.15) is 401 Å². The molecule has 0 radical (unpaired) electrons. The number of ether oxygens (including phenoxy) is 4. The second-order valence-corrected chi connectivity index (χ2v) is 30.8. The van der Waals surface area contributed by atoms with Crippen molar-refractivity contribution >= 4 is 39.5 Å². The Labute approximate surface area is 581 Å². The van der Waals surface area contributed by atoms with E-state index in [2.05, 4.69) is 34.6 Å². The van der Waals surface area contributed by atoms with E-state index in [0.717, 1.165) is 95.8 Å². The number of hydrogen-bond donors (Lipinski definition) is 3. The molecule has 0 spiro atoms. The molecule has 5 atom stereocenters. The predicted octanol–water partition coefficient (Wildman–Crippen LogP) is 22.5. The summed E-state index contributed by atoms with van der Waals surface area (Å²) in [5.74, 6) is -1.40. The zero-order valence-electron chi connectivity index (χ0n) is 61.8. The van der Waals surface area contributed by atoms with Gasteiger partial charge in [0.05, 0.1) is 26.4 Å². The molecule has 0 aliphatic rings. The number of carbonyl (C=O) groups is 4. The molecular formula is C76H148O17P2. The van der Waals surface area contributed by atoms with Crippen LogP contribution in [0.5, 0.6) is 0 Å². The van der Waals surface area contributed by atoms with Crippen LogP contribution in [-0.4, -0.2) is 96.7 Å². The summed E-state index contributed by atoms with van der Waals surface area (Å²) in [6.45, 7) is 7.23. The Morgan fingerprint density at radius 3 is 0.716 bits per heavy atom. The summed E-state index contributed by atoms with van der Waals surface area (Å²) in [6, 6.07) is 0. The van der Waals surface area contributed by atoms with Crippen LogP contribution in [0.4, 0.5) is 0 Å². The van der Waals surface area contributed by atoms with Crippen molar-refractivity contribution in [2.45, 2.75) is 419 Å². The van der Waals surface area contributed by atoms with Gasteiger partial charge in [0, 0.05) is 25.7 Å². The molecule has 0 rings (SSSR count). The summed E-state index contributed by atoms with van der Waals surface area (Å²) in [5, 5.41) is 10.6. The van der Waals surface area contributed by atoms with E-state index >= 15 is 0 Å². The van der Waals surface area contributed by atoms with Gasteiger partial charge in [-0.05, 0) is 31.6 Å². The van der Waals surface area contributed by atoms with Gasteiger partial charge in [0.15, 0.2) is 12.2 Å². The standard InChI is InChI=1S/C76H148O17P2/c1-6-9-12-15-18-21-23-25-27-28-29-30-31-32-33-35-37-40-46-51-56-61-75(80)92-71(66-87-74(79)60-55-50-45-39-36-34-26-24-22-19-16-13-10-7-2)67-90-94(82,83)88-63-70(77)64-89-95(84,85)91-68-72(65-86-73(78)59-54-49-44-38-20-17-14-11-8-3)93-76(81)62-57-52-47-42-41-43-48-53-58-69(4)5/h69-72,77H,6-68H2,1-5H3,(H,82,83)(H,84,85)/t70-,71-,72-/m1/s1. The van der Waals surface area contributed by atoms with Gasteiger partial charge >= 0.3 is 39.5 Å². The lowest BCUT2D eigenvalue weighted by Crippen LogP contribution is -2.30. The third kappa shape index (κ3) is 70.3. The molecule has 3 N–H and O–H groups in total. The van der Waals surface area contributed by atoms with Crippen molar-refractivity contribution in [2.75, 3.05) is 39.6 Å². The Hall–Kier alpha value is -1.94. The van der Waals surface area contributed by atoms with Crippen LogP contribution in [0.15, 0.2) is 0 Å². The van der Waals surface area contributed by atoms with Gasteiger partial charge in [0.1, 0.15) is 19.3 Å². The van der Waals surface area contributed by atoms with Gasteiger partial charge in [0.2, 0.25) is 0 Å². The number of phosphoric acid groups is 2. The van der Waals surface area contributed by atoms with E-state index in [0.29, 0.717) is 25.7 Å². The number of aliphatic hydroxyl groups is 1. The van der Waals surface area contributed by atoms with Crippen molar-refractivity contribution < 1.29 is 80.2 Å². The summed E-state index contributed by atoms with van der Waals surface area (Å²) in [4.78, 5) is 72.7. The number of rotatable bonds is 76. The van der Waals surface area contributed by atoms with Gasteiger partial charge in [-0.3, -0.25) is 37.3 Å². The van der Waals surface area contributed by atoms with Crippen molar-refractivity contribution in [1.82, 2.24) is 0 Å². The molecule has 0 amide bonds. The van der Waals surface area contributed by atoms with Gasteiger partial charge < -0.3 is 33.8 Å². The predicted molar refractivity (Wildman–Crippen MR) is 386 cm³/mol. The minimum atomic E-state index is -4.96. The number of unbranched alkanes of at least 4 members (excludes halogenated alkanes) is 48. The zero-order chi connectivity index (χ0) is 69.8. The molecule has 0 saturated heterocycles. The molecule has 0 aliphatic carbocycles. The van der Waals surface area contributed by atoms with E-state index < -0.39 is 97.5 Å². The fraction of sp³-hybridized carbons (Fsp3) is 0.947. The van der Waals surface area contributed by atoms with E-state index in [1.165, 1.54) is 225 Å². The first-order valence-electron chi connectivity index (χ1n) is 39.6. The van der Waals surface area contributed by atoms with Crippen molar-refractivity contribution in [3.8, 4) is 0 Å². The van der Waals surface area contributed by atoms with Gasteiger partial charge in [-0.2, -0.15) is 0 Å². The highest BCUT2D eigenvalue weighted by atomic mass is 31.2. The Balaban J connectivity index is 5.18. The monoisotopic (exact) mass is 1400 g/mol. The first-order valence-corrected chi connectivity index (χ1v) is 42.6. The molecule has 0 aromatic heterocycles. The average Bonchev–Trinajstić information content (AvgIpc) is 1.61. The highest BCUT2D eigenvalue weighted by molar-refractivity contribution is 7.47. The second kappa shape index (κ2) is 69.2. The molecule has 0 aromatic carbocycles. The molecule has 0 heterocycles. The first-order chi connectivity index (χ1) is 46.0. The van der Waals surface area contributed by atoms with E-state index in [4.69, 9.17) is 37.0 Å². The van der Waals surface area contributed by atoms with Crippen LogP contribution in [0.2, 0.25) is 0 Å². The number of esters is 4. The molecule has 0 saturated carbocycles. The van der Waals surface area contributed by atoms with Crippen LogP contribution in [-0.2, 0) is 65.4 Å². The maximum atomic E-state index is 13.1. The molecule has 564 valence electrons. The topological polar surface area (TPSA) is 237 Å². The number of phosphoric ester groups is 2. The minimum Gasteiger partial charge on any atom is -0.462 e. The second-order valence-electron chi connectivity index (χ2n) is 27.9. The van der Waals surface area contributed by atoms with E-state index in [9.17, 15) is 43.2 Å². The summed E-state index contributed by atoms with van der Waals surface area (Å²) in [7, 11) is -9.91. The fourth-order valence-electron chi connectivity index (χ4n) is 11.7. The van der Waals surface area contributed by atoms with Gasteiger partial charge in [-0.25, -0.2) is 9.13 Å². The fourth-order valence-corrected chi connectivity index (χ4v) is 13.3. The zero-order valence-corrected chi connectivity index (χ0v) is 63.6. The molecule has 0 bridgehead atoms. The normalized spacial score (nSPS) is 13.9. The molecule has 0 aromatic rings. The van der Waals surface area contributed by atoms with Crippen LogP contribution < -0.4 is 0 Å².